The topological polar surface area (TPSA) is 64.8 Å². The predicted molar refractivity (Wildman–Crippen MR) is 69.7 cm³/mol. The monoisotopic (exact) mass is 313 g/mol. The van der Waals surface area contributed by atoms with Crippen LogP contribution < -0.4 is 0 Å². The molecule has 1 aromatic heterocycles. The van der Waals surface area contributed by atoms with E-state index in [0.29, 0.717) is 0 Å². The van der Waals surface area contributed by atoms with Gasteiger partial charge in [-0.1, -0.05) is 22.9 Å². The summed E-state index contributed by atoms with van der Waals surface area (Å²) in [6, 6.07) is 6.33. The van der Waals surface area contributed by atoms with E-state index in [2.05, 4.69) is 10.3 Å². The molecule has 1 saturated carbocycles. The molecule has 1 atom stereocenters. The smallest absolute Gasteiger partial charge is 0.251 e. The van der Waals surface area contributed by atoms with Gasteiger partial charge in [-0.15, -0.1) is 5.10 Å². The number of alkyl halides is 2. The molecule has 0 N–H and O–H groups in total. The summed E-state index contributed by atoms with van der Waals surface area (Å²) in [6.45, 7) is 1.83. The lowest BCUT2D eigenvalue weighted by Crippen LogP contribution is -2.06. The van der Waals surface area contributed by atoms with Gasteiger partial charge in [0.2, 0.25) is 14.9 Å². The van der Waals surface area contributed by atoms with Crippen LogP contribution in [0.1, 0.15) is 12.0 Å². The van der Waals surface area contributed by atoms with Gasteiger partial charge in [-0.2, -0.15) is 0 Å². The molecule has 0 amide bonds. The molecular formula is C13H13F2N3O2S. The first-order chi connectivity index (χ1) is 9.79. The van der Waals surface area contributed by atoms with Crippen LogP contribution in [0.2, 0.25) is 0 Å². The van der Waals surface area contributed by atoms with Crippen molar-refractivity contribution in [1.82, 2.24) is 15.0 Å². The summed E-state index contributed by atoms with van der Waals surface area (Å²) in [5.74, 6) is -3.45. The van der Waals surface area contributed by atoms with Gasteiger partial charge in [-0.25, -0.2) is 17.2 Å². The van der Waals surface area contributed by atoms with E-state index in [4.69, 9.17) is 0 Å². The second-order valence-corrected chi connectivity index (χ2v) is 7.15. The lowest BCUT2D eigenvalue weighted by atomic mass is 10.2. The third-order valence-corrected chi connectivity index (χ3v) is 5.12. The van der Waals surface area contributed by atoms with Crippen LogP contribution in [0.4, 0.5) is 8.78 Å². The highest BCUT2D eigenvalue weighted by Crippen LogP contribution is 2.49. The Hall–Kier alpha value is -1.83. The molecule has 112 valence electrons. The molecule has 1 aliphatic carbocycles. The van der Waals surface area contributed by atoms with Crippen molar-refractivity contribution in [3.05, 3.63) is 36.0 Å². The quantitative estimate of drug-likeness (QED) is 0.867. The largest absolute Gasteiger partial charge is 0.253 e. The van der Waals surface area contributed by atoms with Gasteiger partial charge in [0.05, 0.1) is 17.6 Å². The van der Waals surface area contributed by atoms with Crippen molar-refractivity contribution in [3.63, 3.8) is 0 Å². The summed E-state index contributed by atoms with van der Waals surface area (Å²) in [7, 11) is -3.76. The molecule has 5 nitrogen and oxygen atoms in total. The fourth-order valence-corrected chi connectivity index (χ4v) is 3.16. The first kappa shape index (κ1) is 14.1. The molecule has 0 spiro atoms. The van der Waals surface area contributed by atoms with Gasteiger partial charge in [0, 0.05) is 12.3 Å². The highest BCUT2D eigenvalue weighted by molar-refractivity contribution is 7.91. The summed E-state index contributed by atoms with van der Waals surface area (Å²) < 4.78 is 51.5. The Kier molecular flexibility index (Phi) is 3.09. The zero-order valence-electron chi connectivity index (χ0n) is 11.2. The SMILES string of the molecule is Cc1ccc(S(=O)(=O)c2cn(CC3CC3(F)F)nn2)cc1. The van der Waals surface area contributed by atoms with Crippen molar-refractivity contribution < 1.29 is 17.2 Å². The molecule has 1 unspecified atom stereocenters. The number of aryl methyl sites for hydroxylation is 1. The van der Waals surface area contributed by atoms with Crippen molar-refractivity contribution in [3.8, 4) is 0 Å². The molecule has 2 aromatic rings. The van der Waals surface area contributed by atoms with Crippen LogP contribution in [-0.2, 0) is 16.4 Å². The van der Waals surface area contributed by atoms with Crippen molar-refractivity contribution in [2.75, 3.05) is 0 Å². The number of benzene rings is 1. The molecule has 1 aliphatic rings. The Morgan fingerprint density at radius 3 is 2.52 bits per heavy atom. The van der Waals surface area contributed by atoms with Gasteiger partial charge in [0.25, 0.3) is 5.92 Å². The second kappa shape index (κ2) is 4.59. The average molecular weight is 313 g/mol. The predicted octanol–water partition coefficient (Wildman–Crippen LogP) is 2.07. The molecular weight excluding hydrogens is 300 g/mol. The summed E-state index contributed by atoms with van der Waals surface area (Å²) >= 11 is 0. The van der Waals surface area contributed by atoms with Crippen molar-refractivity contribution in [1.29, 1.82) is 0 Å². The second-order valence-electron chi connectivity index (χ2n) is 5.26. The lowest BCUT2D eigenvalue weighted by molar-refractivity contribution is 0.0941. The minimum atomic E-state index is -3.76. The lowest BCUT2D eigenvalue weighted by Gasteiger charge is -2.01. The number of halogens is 2. The minimum Gasteiger partial charge on any atom is -0.251 e. The van der Waals surface area contributed by atoms with Crippen LogP contribution in [0.5, 0.6) is 0 Å². The first-order valence-electron chi connectivity index (χ1n) is 6.39. The van der Waals surface area contributed by atoms with Crippen molar-refractivity contribution in [2.24, 2.45) is 5.92 Å². The standard InChI is InChI=1S/C13H13F2N3O2S/c1-9-2-4-11(5-3-9)21(19,20)12-8-18(17-16-12)7-10-6-13(10,14)15/h2-5,8,10H,6-7H2,1H3. The van der Waals surface area contributed by atoms with E-state index in [-0.39, 0.29) is 22.9 Å². The van der Waals surface area contributed by atoms with Crippen molar-refractivity contribution >= 4 is 9.84 Å². The molecule has 1 heterocycles. The van der Waals surface area contributed by atoms with E-state index in [9.17, 15) is 17.2 Å². The van der Waals surface area contributed by atoms with E-state index in [1.54, 1.807) is 12.1 Å². The Bertz CT molecular complexity index is 769. The summed E-state index contributed by atoms with van der Waals surface area (Å²) in [5, 5.41) is 6.99. The zero-order valence-corrected chi connectivity index (χ0v) is 12.0. The molecule has 8 heteroatoms. The molecule has 0 aliphatic heterocycles. The normalized spacial score (nSPS) is 20.4. The van der Waals surface area contributed by atoms with E-state index >= 15 is 0 Å². The van der Waals surface area contributed by atoms with Crippen LogP contribution in [-0.4, -0.2) is 29.3 Å². The van der Waals surface area contributed by atoms with E-state index in [1.807, 2.05) is 6.92 Å². The van der Waals surface area contributed by atoms with E-state index in [0.717, 1.165) is 10.2 Å². The number of hydrogen-bond acceptors (Lipinski definition) is 4. The molecule has 0 radical (unpaired) electrons. The van der Waals surface area contributed by atoms with Crippen LogP contribution in [0, 0.1) is 12.8 Å². The molecule has 0 bridgehead atoms. The number of sulfone groups is 1. The molecule has 1 fully saturated rings. The first-order valence-corrected chi connectivity index (χ1v) is 7.87. The minimum absolute atomic E-state index is 0.0244. The highest BCUT2D eigenvalue weighted by atomic mass is 32.2. The third-order valence-electron chi connectivity index (χ3n) is 3.49. The Morgan fingerprint density at radius 1 is 1.33 bits per heavy atom. The van der Waals surface area contributed by atoms with E-state index in [1.165, 1.54) is 18.3 Å². The molecule has 0 saturated heterocycles. The Morgan fingerprint density at radius 2 is 1.95 bits per heavy atom. The van der Waals surface area contributed by atoms with Gasteiger partial charge in [0.1, 0.15) is 0 Å². The summed E-state index contributed by atoms with van der Waals surface area (Å²) in [5.41, 5.74) is 0.938. The molecule has 21 heavy (non-hydrogen) atoms. The Labute approximate surface area is 120 Å². The number of rotatable bonds is 4. The number of nitrogens with zero attached hydrogens (tertiary/aromatic N) is 3. The number of aromatic nitrogens is 3. The Balaban J connectivity index is 1.83. The van der Waals surface area contributed by atoms with Gasteiger partial charge in [-0.3, -0.25) is 4.68 Å². The van der Waals surface area contributed by atoms with Gasteiger partial charge in [-0.05, 0) is 19.1 Å². The van der Waals surface area contributed by atoms with Gasteiger partial charge < -0.3 is 0 Å². The highest BCUT2D eigenvalue weighted by Gasteiger charge is 2.56. The van der Waals surface area contributed by atoms with Crippen LogP contribution in [0.3, 0.4) is 0 Å². The van der Waals surface area contributed by atoms with Crippen LogP contribution in [0.15, 0.2) is 40.4 Å². The van der Waals surface area contributed by atoms with Crippen LogP contribution >= 0.6 is 0 Å². The van der Waals surface area contributed by atoms with E-state index < -0.39 is 21.7 Å². The zero-order chi connectivity index (χ0) is 15.3. The molecule has 1 aromatic carbocycles. The number of hydrogen-bond donors (Lipinski definition) is 0. The molecule has 3 rings (SSSR count). The fourth-order valence-electron chi connectivity index (χ4n) is 2.02. The van der Waals surface area contributed by atoms with Crippen LogP contribution in [0.25, 0.3) is 0 Å². The maximum absolute atomic E-state index is 12.8. The third kappa shape index (κ3) is 2.67. The average Bonchev–Trinajstić information content (AvgIpc) is 2.83. The fraction of sp³-hybridized carbons (Fsp3) is 0.385. The maximum atomic E-state index is 12.8. The van der Waals surface area contributed by atoms with Gasteiger partial charge >= 0.3 is 0 Å². The summed E-state index contributed by atoms with van der Waals surface area (Å²) in [4.78, 5) is 0.108. The summed E-state index contributed by atoms with van der Waals surface area (Å²) in [6.07, 6.45) is 1.01. The van der Waals surface area contributed by atoms with Crippen molar-refractivity contribution in [2.45, 2.75) is 35.7 Å². The van der Waals surface area contributed by atoms with Gasteiger partial charge in [0.15, 0.2) is 0 Å². The maximum Gasteiger partial charge on any atom is 0.253 e.